The van der Waals surface area contributed by atoms with Crippen LogP contribution >= 0.6 is 11.3 Å². The second-order valence-corrected chi connectivity index (χ2v) is 8.91. The topological polar surface area (TPSA) is 92.1 Å². The molecule has 2 aromatic carbocycles. The molecule has 1 aromatic heterocycles. The monoisotopic (exact) mass is 430 g/mol. The van der Waals surface area contributed by atoms with Gasteiger partial charge in [-0.1, -0.05) is 0 Å². The van der Waals surface area contributed by atoms with Gasteiger partial charge in [0.05, 0.1) is 16.8 Å². The van der Waals surface area contributed by atoms with E-state index in [9.17, 15) is 9.90 Å². The number of anilines is 1. The Morgan fingerprint density at radius 1 is 1.20 bits per heavy atom. The summed E-state index contributed by atoms with van der Waals surface area (Å²) in [5, 5.41) is 19.2. The van der Waals surface area contributed by atoms with Crippen molar-refractivity contribution in [2.24, 2.45) is 0 Å². The molecule has 30 heavy (non-hydrogen) atoms. The first-order valence-electron chi connectivity index (χ1n) is 9.56. The molecule has 0 radical (unpaired) electrons. The van der Waals surface area contributed by atoms with E-state index in [2.05, 4.69) is 4.98 Å². The highest BCUT2D eigenvalue weighted by Gasteiger charge is 2.20. The smallest absolute Gasteiger partial charge is 0.414 e. The van der Waals surface area contributed by atoms with Gasteiger partial charge in [-0.05, 0) is 63.2 Å². The van der Waals surface area contributed by atoms with Crippen molar-refractivity contribution in [3.8, 4) is 16.3 Å². The number of rotatable bonds is 6. The molecule has 7 nitrogen and oxygen atoms in total. The van der Waals surface area contributed by atoms with Crippen molar-refractivity contribution in [2.45, 2.75) is 32.5 Å². The number of carbonyl (C=O) groups is 1. The first kappa shape index (κ1) is 22.0. The summed E-state index contributed by atoms with van der Waals surface area (Å²) in [5.74, 6) is 0.611. The molecule has 1 amide bonds. The van der Waals surface area contributed by atoms with Crippen molar-refractivity contribution < 1.29 is 24.5 Å². The minimum absolute atomic E-state index is 0.0281. The predicted octanol–water partition coefficient (Wildman–Crippen LogP) is 4.07. The summed E-state index contributed by atoms with van der Waals surface area (Å²) in [6, 6.07) is 13.1. The predicted molar refractivity (Wildman–Crippen MR) is 118 cm³/mol. The van der Waals surface area contributed by atoms with Crippen LogP contribution in [0.3, 0.4) is 0 Å². The van der Waals surface area contributed by atoms with Crippen LogP contribution in [0.5, 0.6) is 5.75 Å². The Bertz CT molecular complexity index is 1010. The number of amides is 1. The second kappa shape index (κ2) is 8.99. The number of nitrogens with zero attached hydrogens (tertiary/aromatic N) is 2. The van der Waals surface area contributed by atoms with Crippen LogP contribution in [0, 0.1) is 0 Å². The number of aromatic nitrogens is 1. The van der Waals surface area contributed by atoms with E-state index in [0.29, 0.717) is 5.75 Å². The lowest BCUT2D eigenvalue weighted by Crippen LogP contribution is -2.34. The van der Waals surface area contributed by atoms with Crippen molar-refractivity contribution in [3.05, 3.63) is 42.5 Å². The van der Waals surface area contributed by atoms with Gasteiger partial charge < -0.3 is 19.7 Å². The third-order valence-electron chi connectivity index (χ3n) is 4.18. The molecule has 160 valence electrons. The van der Waals surface area contributed by atoms with Gasteiger partial charge in [0, 0.05) is 18.3 Å². The van der Waals surface area contributed by atoms with Crippen LogP contribution in [0.1, 0.15) is 20.8 Å². The highest BCUT2D eigenvalue weighted by molar-refractivity contribution is 7.21. The summed E-state index contributed by atoms with van der Waals surface area (Å²) in [5.41, 5.74) is 1.97. The van der Waals surface area contributed by atoms with E-state index in [-0.39, 0.29) is 13.2 Å². The quantitative estimate of drug-likeness (QED) is 0.613. The number of thiazole rings is 1. The van der Waals surface area contributed by atoms with Crippen molar-refractivity contribution in [2.75, 3.05) is 25.2 Å². The van der Waals surface area contributed by atoms with Gasteiger partial charge in [-0.25, -0.2) is 9.78 Å². The normalized spacial score (nSPS) is 12.6. The van der Waals surface area contributed by atoms with E-state index in [1.807, 2.05) is 57.2 Å². The van der Waals surface area contributed by atoms with Gasteiger partial charge in [0.15, 0.2) is 0 Å². The molecule has 0 saturated heterocycles. The van der Waals surface area contributed by atoms with Crippen LogP contribution in [0.25, 0.3) is 20.8 Å². The molecule has 1 heterocycles. The number of fused-ring (bicyclic) bond motifs is 1. The maximum Gasteiger partial charge on any atom is 0.414 e. The number of ether oxygens (including phenoxy) is 2. The first-order valence-corrected chi connectivity index (χ1v) is 10.4. The number of hydrogen-bond acceptors (Lipinski definition) is 7. The summed E-state index contributed by atoms with van der Waals surface area (Å²) in [4.78, 5) is 18.4. The minimum atomic E-state index is -0.907. The van der Waals surface area contributed by atoms with Crippen LogP contribution in [0.2, 0.25) is 0 Å². The average Bonchev–Trinajstić information content (AvgIpc) is 3.13. The number of benzene rings is 2. The minimum Gasteiger partial charge on any atom is -0.491 e. The van der Waals surface area contributed by atoms with Crippen LogP contribution < -0.4 is 9.64 Å². The second-order valence-electron chi connectivity index (χ2n) is 7.88. The van der Waals surface area contributed by atoms with Crippen LogP contribution in [-0.4, -0.2) is 53.3 Å². The van der Waals surface area contributed by atoms with Crippen molar-refractivity contribution >= 4 is 33.3 Å². The standard InChI is InChI=1S/C22H26N2O5S/c1-22(2,3)29-21(27)24(4)15-7-5-14(6-8-15)20-23-18-10-9-17(11-19(18)30-20)28-13-16(26)12-25/h5-11,16,25-26H,12-13H2,1-4H3/t16-/m0/s1. The Hall–Kier alpha value is -2.68. The molecule has 2 N–H and O–H groups in total. The van der Waals surface area contributed by atoms with Gasteiger partial charge in [-0.15, -0.1) is 11.3 Å². The zero-order valence-electron chi connectivity index (χ0n) is 17.5. The number of aliphatic hydroxyl groups is 2. The summed E-state index contributed by atoms with van der Waals surface area (Å²) >= 11 is 1.52. The maximum atomic E-state index is 12.2. The number of carbonyl (C=O) groups excluding carboxylic acids is 1. The third kappa shape index (κ3) is 5.47. The molecule has 3 aromatic rings. The fourth-order valence-corrected chi connectivity index (χ4v) is 3.63. The molecule has 0 aliphatic heterocycles. The Labute approximate surface area is 179 Å². The molecule has 3 rings (SSSR count). The molecule has 1 atom stereocenters. The molecule has 0 aliphatic rings. The van der Waals surface area contributed by atoms with E-state index in [4.69, 9.17) is 14.6 Å². The summed E-state index contributed by atoms with van der Waals surface area (Å²) in [6.45, 7) is 5.19. The first-order chi connectivity index (χ1) is 14.2. The maximum absolute atomic E-state index is 12.2. The van der Waals surface area contributed by atoms with E-state index >= 15 is 0 Å². The third-order valence-corrected chi connectivity index (χ3v) is 5.25. The lowest BCUT2D eigenvalue weighted by Gasteiger charge is -2.24. The Morgan fingerprint density at radius 2 is 1.90 bits per heavy atom. The Morgan fingerprint density at radius 3 is 2.53 bits per heavy atom. The number of aliphatic hydroxyl groups excluding tert-OH is 2. The zero-order chi connectivity index (χ0) is 21.9. The lowest BCUT2D eigenvalue weighted by atomic mass is 10.2. The van der Waals surface area contributed by atoms with Crippen LogP contribution in [0.4, 0.5) is 10.5 Å². The van der Waals surface area contributed by atoms with E-state index in [1.54, 1.807) is 13.1 Å². The largest absolute Gasteiger partial charge is 0.491 e. The molecule has 0 fully saturated rings. The Balaban J connectivity index is 1.75. The molecule has 0 bridgehead atoms. The van der Waals surface area contributed by atoms with Crippen LogP contribution in [-0.2, 0) is 4.74 Å². The summed E-state index contributed by atoms with van der Waals surface area (Å²) in [6.07, 6.45) is -1.32. The fourth-order valence-electron chi connectivity index (χ4n) is 2.63. The molecular formula is C22H26N2O5S. The highest BCUT2D eigenvalue weighted by atomic mass is 32.1. The van der Waals surface area contributed by atoms with Crippen molar-refractivity contribution in [1.82, 2.24) is 4.98 Å². The van der Waals surface area contributed by atoms with E-state index in [0.717, 1.165) is 26.5 Å². The highest BCUT2D eigenvalue weighted by Crippen LogP contribution is 2.33. The van der Waals surface area contributed by atoms with Gasteiger partial charge in [-0.2, -0.15) is 0 Å². The molecule has 8 heteroatoms. The molecular weight excluding hydrogens is 404 g/mol. The molecule has 0 aliphatic carbocycles. The van der Waals surface area contributed by atoms with Crippen molar-refractivity contribution in [1.29, 1.82) is 0 Å². The fraction of sp³-hybridized carbons (Fsp3) is 0.364. The Kier molecular flexibility index (Phi) is 6.60. The van der Waals surface area contributed by atoms with Gasteiger partial charge >= 0.3 is 6.09 Å². The van der Waals surface area contributed by atoms with Crippen molar-refractivity contribution in [3.63, 3.8) is 0 Å². The van der Waals surface area contributed by atoms with Gasteiger partial charge in [0.1, 0.15) is 29.1 Å². The lowest BCUT2D eigenvalue weighted by molar-refractivity contribution is 0.0536. The molecule has 0 saturated carbocycles. The number of hydrogen-bond donors (Lipinski definition) is 2. The summed E-state index contributed by atoms with van der Waals surface area (Å²) < 4.78 is 11.9. The molecule has 0 spiro atoms. The van der Waals surface area contributed by atoms with Gasteiger partial charge in [0.25, 0.3) is 0 Å². The molecule has 0 unspecified atom stereocenters. The average molecular weight is 431 g/mol. The summed E-state index contributed by atoms with van der Waals surface area (Å²) in [7, 11) is 1.68. The van der Waals surface area contributed by atoms with Crippen LogP contribution in [0.15, 0.2) is 42.5 Å². The van der Waals surface area contributed by atoms with Gasteiger partial charge in [0.2, 0.25) is 0 Å². The van der Waals surface area contributed by atoms with E-state index < -0.39 is 17.8 Å². The SMILES string of the molecule is CN(C(=O)OC(C)(C)C)c1ccc(-c2nc3ccc(OC[C@@H](O)CO)cc3s2)cc1. The zero-order valence-corrected chi connectivity index (χ0v) is 18.3. The van der Waals surface area contributed by atoms with Gasteiger partial charge in [-0.3, -0.25) is 4.90 Å². The van der Waals surface area contributed by atoms with E-state index in [1.165, 1.54) is 16.2 Å².